The Hall–Kier alpha value is -3.40. The van der Waals surface area contributed by atoms with Gasteiger partial charge in [-0.1, -0.05) is 0 Å². The lowest BCUT2D eigenvalue weighted by Crippen LogP contribution is -2.15. The molecule has 9 nitrogen and oxygen atoms in total. The highest BCUT2D eigenvalue weighted by Crippen LogP contribution is 2.33. The van der Waals surface area contributed by atoms with Crippen LogP contribution in [0.15, 0.2) is 16.9 Å². The molecule has 0 aliphatic carbocycles. The summed E-state index contributed by atoms with van der Waals surface area (Å²) in [7, 11) is 3.12. The molecule has 10 heteroatoms. The Labute approximate surface area is 176 Å². The second kappa shape index (κ2) is 7.79. The van der Waals surface area contributed by atoms with Gasteiger partial charge in [0, 0.05) is 29.3 Å². The van der Waals surface area contributed by atoms with Gasteiger partial charge in [0.15, 0.2) is 11.5 Å². The van der Waals surface area contributed by atoms with Crippen molar-refractivity contribution in [1.82, 2.24) is 19.9 Å². The molecule has 0 aliphatic rings. The molecule has 4 N–H and O–H groups in total. The lowest BCUT2D eigenvalue weighted by molar-refractivity contribution is 0.356. The third-order valence-corrected chi connectivity index (χ3v) is 6.06. The number of aryl methyl sites for hydroxylation is 2. The largest absolute Gasteiger partial charge is 0.493 e. The molecule has 0 saturated heterocycles. The number of nitrogens with zero attached hydrogens (tertiary/aromatic N) is 3. The first kappa shape index (κ1) is 19.9. The van der Waals surface area contributed by atoms with E-state index in [1.165, 1.54) is 11.3 Å². The van der Waals surface area contributed by atoms with E-state index in [2.05, 4.69) is 25.3 Å². The monoisotopic (exact) mass is 426 g/mol. The predicted molar refractivity (Wildman–Crippen MR) is 119 cm³/mol. The van der Waals surface area contributed by atoms with Crippen molar-refractivity contribution in [2.24, 2.45) is 0 Å². The molecule has 0 aliphatic heterocycles. The maximum absolute atomic E-state index is 12.4. The zero-order valence-electron chi connectivity index (χ0n) is 17.1. The van der Waals surface area contributed by atoms with E-state index < -0.39 is 0 Å². The molecule has 0 bridgehead atoms. The summed E-state index contributed by atoms with van der Waals surface area (Å²) in [6, 6.07) is 3.51. The van der Waals surface area contributed by atoms with E-state index in [9.17, 15) is 4.79 Å². The van der Waals surface area contributed by atoms with E-state index in [-0.39, 0.29) is 5.56 Å². The molecular formula is C20H22N6O3S. The second-order valence-corrected chi connectivity index (χ2v) is 8.01. The van der Waals surface area contributed by atoms with Crippen LogP contribution in [0.2, 0.25) is 0 Å². The third-order valence-electron chi connectivity index (χ3n) is 4.96. The number of nitrogens with two attached hydrogens (primary N) is 1. The highest BCUT2D eigenvalue weighted by Gasteiger charge is 2.13. The number of hydrogen-bond acceptors (Lipinski definition) is 9. The highest BCUT2D eigenvalue weighted by molar-refractivity contribution is 7.18. The Morgan fingerprint density at radius 2 is 1.87 bits per heavy atom. The van der Waals surface area contributed by atoms with Gasteiger partial charge in [0.1, 0.15) is 16.5 Å². The Morgan fingerprint density at radius 3 is 2.60 bits per heavy atom. The second-order valence-electron chi connectivity index (χ2n) is 6.81. The summed E-state index contributed by atoms with van der Waals surface area (Å²) in [5.41, 5.74) is 7.63. The van der Waals surface area contributed by atoms with Gasteiger partial charge in [0.25, 0.3) is 5.56 Å². The molecule has 0 saturated carbocycles. The minimum Gasteiger partial charge on any atom is -0.493 e. The fourth-order valence-electron chi connectivity index (χ4n) is 3.27. The average molecular weight is 427 g/mol. The Kier molecular flexibility index (Phi) is 5.17. The predicted octanol–water partition coefficient (Wildman–Crippen LogP) is 2.80. The van der Waals surface area contributed by atoms with Gasteiger partial charge in [0.05, 0.1) is 25.1 Å². The fraction of sp³-hybridized carbons (Fsp3) is 0.300. The van der Waals surface area contributed by atoms with Crippen LogP contribution in [0.3, 0.4) is 0 Å². The van der Waals surface area contributed by atoms with Gasteiger partial charge in [-0.2, -0.15) is 4.98 Å². The van der Waals surface area contributed by atoms with Crippen LogP contribution in [-0.4, -0.2) is 40.7 Å². The lowest BCUT2D eigenvalue weighted by Gasteiger charge is -2.11. The molecule has 0 spiro atoms. The third kappa shape index (κ3) is 3.50. The number of nitrogens with one attached hydrogen (secondary N) is 2. The maximum Gasteiger partial charge on any atom is 0.259 e. The first-order chi connectivity index (χ1) is 14.4. The van der Waals surface area contributed by atoms with Crippen molar-refractivity contribution in [1.29, 1.82) is 0 Å². The van der Waals surface area contributed by atoms with Crippen LogP contribution in [0.5, 0.6) is 11.5 Å². The summed E-state index contributed by atoms with van der Waals surface area (Å²) in [4.78, 5) is 30.5. The SMILES string of the molecule is COc1cc2nc(NCCc3nc4sc(C)c(C)c4c(=O)[nH]3)nc(N)c2cc1OC. The zero-order chi connectivity index (χ0) is 21.4. The van der Waals surface area contributed by atoms with Gasteiger partial charge >= 0.3 is 0 Å². The number of nitrogen functional groups attached to an aromatic ring is 1. The van der Waals surface area contributed by atoms with Gasteiger partial charge < -0.3 is 25.5 Å². The standard InChI is InChI=1S/C20H22N6O3S/c1-9-10(2)30-19-16(9)18(27)24-15(25-19)5-6-22-20-23-12-8-14(29-4)13(28-3)7-11(12)17(21)26-20/h7-8H,5-6H2,1-4H3,(H,24,25,27)(H3,21,22,23,26). The molecule has 1 aromatic carbocycles. The van der Waals surface area contributed by atoms with Crippen molar-refractivity contribution >= 4 is 44.2 Å². The summed E-state index contributed by atoms with van der Waals surface area (Å²) in [6.45, 7) is 4.42. The minimum atomic E-state index is -0.107. The highest BCUT2D eigenvalue weighted by atomic mass is 32.1. The molecule has 3 aromatic heterocycles. The number of thiophene rings is 1. The van der Waals surface area contributed by atoms with Crippen molar-refractivity contribution in [3.63, 3.8) is 0 Å². The number of rotatable bonds is 6. The lowest BCUT2D eigenvalue weighted by atomic mass is 10.2. The van der Waals surface area contributed by atoms with Crippen LogP contribution >= 0.6 is 11.3 Å². The van der Waals surface area contributed by atoms with Crippen molar-refractivity contribution < 1.29 is 9.47 Å². The minimum absolute atomic E-state index is 0.107. The van der Waals surface area contributed by atoms with Crippen molar-refractivity contribution in [3.8, 4) is 11.5 Å². The topological polar surface area (TPSA) is 128 Å². The number of anilines is 2. The molecule has 156 valence electrons. The van der Waals surface area contributed by atoms with Gasteiger partial charge in [-0.25, -0.2) is 9.97 Å². The van der Waals surface area contributed by atoms with Gasteiger partial charge in [-0.15, -0.1) is 11.3 Å². The summed E-state index contributed by atoms with van der Waals surface area (Å²) >= 11 is 1.53. The summed E-state index contributed by atoms with van der Waals surface area (Å²) < 4.78 is 10.6. The van der Waals surface area contributed by atoms with Crippen molar-refractivity contribution in [3.05, 3.63) is 38.8 Å². The molecular weight excluding hydrogens is 404 g/mol. The van der Waals surface area contributed by atoms with E-state index in [1.807, 2.05) is 13.8 Å². The number of methoxy groups -OCH3 is 2. The number of fused-ring (bicyclic) bond motifs is 2. The van der Waals surface area contributed by atoms with Crippen LogP contribution in [-0.2, 0) is 6.42 Å². The number of hydrogen-bond donors (Lipinski definition) is 3. The van der Waals surface area contributed by atoms with Gasteiger partial charge in [0.2, 0.25) is 5.95 Å². The van der Waals surface area contributed by atoms with E-state index in [0.717, 1.165) is 15.3 Å². The molecule has 3 heterocycles. The van der Waals surface area contributed by atoms with Crippen LogP contribution < -0.4 is 26.1 Å². The van der Waals surface area contributed by atoms with E-state index in [4.69, 9.17) is 15.2 Å². The smallest absolute Gasteiger partial charge is 0.259 e. The van der Waals surface area contributed by atoms with Crippen molar-refractivity contribution in [2.75, 3.05) is 31.8 Å². The molecule has 4 aromatic rings. The molecule has 0 unspecified atom stereocenters. The van der Waals surface area contributed by atoms with E-state index in [1.54, 1.807) is 26.4 Å². The first-order valence-electron chi connectivity index (χ1n) is 9.33. The molecule has 0 fully saturated rings. The Balaban J connectivity index is 1.55. The van der Waals surface area contributed by atoms with Gasteiger partial charge in [-0.3, -0.25) is 4.79 Å². The molecule has 30 heavy (non-hydrogen) atoms. The normalized spacial score (nSPS) is 11.2. The number of ether oxygens (including phenoxy) is 2. The molecule has 4 rings (SSSR count). The van der Waals surface area contributed by atoms with Crippen LogP contribution in [0.1, 0.15) is 16.3 Å². The summed E-state index contributed by atoms with van der Waals surface area (Å²) in [5, 5.41) is 4.49. The van der Waals surface area contributed by atoms with Crippen LogP contribution in [0, 0.1) is 13.8 Å². The fourth-order valence-corrected chi connectivity index (χ4v) is 4.32. The summed E-state index contributed by atoms with van der Waals surface area (Å²) in [6.07, 6.45) is 0.508. The van der Waals surface area contributed by atoms with Gasteiger partial charge in [-0.05, 0) is 25.5 Å². The maximum atomic E-state index is 12.4. The first-order valence-corrected chi connectivity index (χ1v) is 10.1. The number of benzene rings is 1. The Morgan fingerprint density at radius 1 is 1.13 bits per heavy atom. The molecule has 0 atom stereocenters. The van der Waals surface area contributed by atoms with Crippen molar-refractivity contribution in [2.45, 2.75) is 20.3 Å². The van der Waals surface area contributed by atoms with Crippen LogP contribution in [0.4, 0.5) is 11.8 Å². The van der Waals surface area contributed by atoms with E-state index >= 15 is 0 Å². The number of H-pyrrole nitrogens is 1. The molecule has 0 radical (unpaired) electrons. The number of aromatic amines is 1. The number of aromatic nitrogens is 4. The average Bonchev–Trinajstić information content (AvgIpc) is 3.01. The molecule has 0 amide bonds. The van der Waals surface area contributed by atoms with Crippen LogP contribution in [0.25, 0.3) is 21.1 Å². The summed E-state index contributed by atoms with van der Waals surface area (Å²) in [5.74, 6) is 2.46. The quantitative estimate of drug-likeness (QED) is 0.429. The van der Waals surface area contributed by atoms with E-state index in [0.29, 0.717) is 58.3 Å². The zero-order valence-corrected chi connectivity index (χ0v) is 17.9. The Bertz CT molecular complexity index is 1310.